The second-order valence-electron chi connectivity index (χ2n) is 5.54. The van der Waals surface area contributed by atoms with Crippen LogP contribution in [0.25, 0.3) is 42.1 Å². The summed E-state index contributed by atoms with van der Waals surface area (Å²) in [5, 5.41) is 5.03. The Morgan fingerprint density at radius 1 is 0.714 bits per heavy atom. The molecule has 3 aromatic carbocycles. The zero-order valence-corrected chi connectivity index (χ0v) is 12.3. The first-order valence-corrected chi connectivity index (χ1v) is 7.85. The molecule has 0 N–H and O–H groups in total. The average Bonchev–Trinajstić information content (AvgIpc) is 3.02. The van der Waals surface area contributed by atoms with Crippen molar-refractivity contribution in [1.29, 1.82) is 0 Å². The van der Waals surface area contributed by atoms with Crippen LogP contribution in [0.2, 0.25) is 0 Å². The molecule has 0 amide bonds. The molecule has 100 valence electrons. The Kier molecular flexibility index (Phi) is 2.09. The van der Waals surface area contributed by atoms with Crippen molar-refractivity contribution in [3.05, 3.63) is 60.2 Å². The largest absolute Gasteiger partial charge is 0.456 e. The first-order chi connectivity index (χ1) is 10.3. The maximum atomic E-state index is 6.04. The second kappa shape index (κ2) is 3.86. The van der Waals surface area contributed by atoms with Gasteiger partial charge in [-0.2, -0.15) is 0 Å². The van der Waals surface area contributed by atoms with Gasteiger partial charge < -0.3 is 4.42 Å². The summed E-state index contributed by atoms with van der Waals surface area (Å²) in [6, 6.07) is 19.4. The lowest BCUT2D eigenvalue weighted by Crippen LogP contribution is -1.71. The molecule has 0 atom stereocenters. The van der Waals surface area contributed by atoms with Crippen LogP contribution in [-0.4, -0.2) is 0 Å². The lowest BCUT2D eigenvalue weighted by molar-refractivity contribution is 0.669. The minimum absolute atomic E-state index is 0.970. The van der Waals surface area contributed by atoms with Gasteiger partial charge in [0.2, 0.25) is 0 Å². The fourth-order valence-electron chi connectivity index (χ4n) is 3.11. The highest BCUT2D eigenvalue weighted by Gasteiger charge is 2.11. The monoisotopic (exact) mass is 288 g/mol. The Labute approximate surface area is 125 Å². The number of benzene rings is 3. The summed E-state index contributed by atoms with van der Waals surface area (Å²) in [5.41, 5.74) is 3.21. The number of hydrogen-bond acceptors (Lipinski definition) is 2. The molecule has 2 heterocycles. The van der Waals surface area contributed by atoms with Crippen molar-refractivity contribution in [2.24, 2.45) is 0 Å². The molecule has 1 nitrogen and oxygen atoms in total. The average molecular weight is 288 g/mol. The number of fused-ring (bicyclic) bond motifs is 6. The van der Waals surface area contributed by atoms with Crippen LogP contribution >= 0.6 is 11.3 Å². The van der Waals surface area contributed by atoms with Gasteiger partial charge in [0.1, 0.15) is 11.2 Å². The van der Waals surface area contributed by atoms with E-state index in [2.05, 4.69) is 61.5 Å². The van der Waals surface area contributed by atoms with Crippen molar-refractivity contribution in [1.82, 2.24) is 0 Å². The van der Waals surface area contributed by atoms with E-state index in [9.17, 15) is 0 Å². The Bertz CT molecular complexity index is 1140. The summed E-state index contributed by atoms with van der Waals surface area (Å²) in [6.45, 7) is 2.12. The maximum absolute atomic E-state index is 6.04. The highest BCUT2D eigenvalue weighted by Crippen LogP contribution is 2.39. The second-order valence-corrected chi connectivity index (χ2v) is 6.63. The molecule has 5 aromatic rings. The lowest BCUT2D eigenvalue weighted by Gasteiger charge is -1.93. The summed E-state index contributed by atoms with van der Waals surface area (Å²) in [5.74, 6) is 0. The standard InChI is InChI=1S/C19H12OS/c1-11-6-7-16-13(8-11)14-10-19-15(9-17(14)20-16)12-4-2-3-5-18(12)21-19/h2-10H,1H3. The quantitative estimate of drug-likeness (QED) is 0.327. The van der Waals surface area contributed by atoms with Gasteiger partial charge in [-0.05, 0) is 37.3 Å². The van der Waals surface area contributed by atoms with Gasteiger partial charge in [-0.25, -0.2) is 0 Å². The molecule has 2 heteroatoms. The van der Waals surface area contributed by atoms with Crippen LogP contribution in [0.1, 0.15) is 5.56 Å². The lowest BCUT2D eigenvalue weighted by atomic mass is 10.1. The minimum Gasteiger partial charge on any atom is -0.456 e. The molecule has 2 aromatic heterocycles. The van der Waals surface area contributed by atoms with Crippen molar-refractivity contribution in [3.63, 3.8) is 0 Å². The third kappa shape index (κ3) is 1.51. The van der Waals surface area contributed by atoms with E-state index in [0.29, 0.717) is 0 Å². The van der Waals surface area contributed by atoms with Gasteiger partial charge in [-0.1, -0.05) is 29.8 Å². The van der Waals surface area contributed by atoms with E-state index in [1.54, 1.807) is 0 Å². The van der Waals surface area contributed by atoms with Gasteiger partial charge in [-0.15, -0.1) is 11.3 Å². The van der Waals surface area contributed by atoms with Crippen LogP contribution in [0, 0.1) is 6.92 Å². The van der Waals surface area contributed by atoms with Gasteiger partial charge in [0.25, 0.3) is 0 Å². The summed E-state index contributed by atoms with van der Waals surface area (Å²) >= 11 is 1.85. The molecule has 0 aliphatic heterocycles. The van der Waals surface area contributed by atoms with Crippen molar-refractivity contribution in [2.45, 2.75) is 6.92 Å². The van der Waals surface area contributed by atoms with Crippen LogP contribution < -0.4 is 0 Å². The topological polar surface area (TPSA) is 13.1 Å². The first-order valence-electron chi connectivity index (χ1n) is 7.04. The molecule has 0 aliphatic carbocycles. The molecule has 0 spiro atoms. The summed E-state index contributed by atoms with van der Waals surface area (Å²) in [4.78, 5) is 0. The molecular formula is C19H12OS. The van der Waals surface area contributed by atoms with E-state index >= 15 is 0 Å². The minimum atomic E-state index is 0.970. The normalized spacial score (nSPS) is 12.0. The zero-order chi connectivity index (χ0) is 14.0. The Morgan fingerprint density at radius 2 is 1.57 bits per heavy atom. The van der Waals surface area contributed by atoms with Crippen LogP contribution in [0.4, 0.5) is 0 Å². The van der Waals surface area contributed by atoms with Crippen molar-refractivity contribution in [3.8, 4) is 0 Å². The third-order valence-corrected chi connectivity index (χ3v) is 5.26. The number of hydrogen-bond donors (Lipinski definition) is 0. The number of aryl methyl sites for hydroxylation is 1. The summed E-state index contributed by atoms with van der Waals surface area (Å²) in [7, 11) is 0. The molecule has 0 saturated carbocycles. The smallest absolute Gasteiger partial charge is 0.136 e. The molecule has 21 heavy (non-hydrogen) atoms. The Hall–Kier alpha value is -2.32. The van der Waals surface area contributed by atoms with Crippen LogP contribution in [0.15, 0.2) is 59.0 Å². The highest BCUT2D eigenvalue weighted by molar-refractivity contribution is 7.25. The predicted molar refractivity (Wildman–Crippen MR) is 91.3 cm³/mol. The SMILES string of the molecule is Cc1ccc2oc3cc4c(cc3c2c1)sc1ccccc14. The van der Waals surface area contributed by atoms with Gasteiger partial charge in [0.05, 0.1) is 0 Å². The molecular weight excluding hydrogens is 276 g/mol. The molecule has 0 unspecified atom stereocenters. The highest BCUT2D eigenvalue weighted by atomic mass is 32.1. The van der Waals surface area contributed by atoms with Gasteiger partial charge in [0, 0.05) is 30.9 Å². The van der Waals surface area contributed by atoms with E-state index in [1.807, 2.05) is 11.3 Å². The molecule has 5 rings (SSSR count). The fourth-order valence-corrected chi connectivity index (χ4v) is 4.24. The van der Waals surface area contributed by atoms with Crippen molar-refractivity contribution < 1.29 is 4.42 Å². The molecule has 0 bridgehead atoms. The number of rotatable bonds is 0. The predicted octanol–water partition coefficient (Wildman–Crippen LogP) is 6.26. The number of thiophene rings is 1. The van der Waals surface area contributed by atoms with Crippen LogP contribution in [0.3, 0.4) is 0 Å². The van der Waals surface area contributed by atoms with Gasteiger partial charge in [0.15, 0.2) is 0 Å². The maximum Gasteiger partial charge on any atom is 0.136 e. The van der Waals surface area contributed by atoms with Crippen LogP contribution in [-0.2, 0) is 0 Å². The third-order valence-electron chi connectivity index (χ3n) is 4.12. The van der Waals surface area contributed by atoms with Gasteiger partial charge >= 0.3 is 0 Å². The summed E-state index contributed by atoms with van der Waals surface area (Å²) in [6.07, 6.45) is 0. The fraction of sp³-hybridized carbons (Fsp3) is 0.0526. The Morgan fingerprint density at radius 3 is 2.52 bits per heavy atom. The van der Waals surface area contributed by atoms with E-state index in [0.717, 1.165) is 11.2 Å². The Balaban J connectivity index is 2.02. The van der Waals surface area contributed by atoms with E-state index in [1.165, 1.54) is 36.5 Å². The zero-order valence-electron chi connectivity index (χ0n) is 11.5. The van der Waals surface area contributed by atoms with Crippen molar-refractivity contribution >= 4 is 53.4 Å². The van der Waals surface area contributed by atoms with E-state index in [4.69, 9.17) is 4.42 Å². The molecule has 0 radical (unpaired) electrons. The van der Waals surface area contributed by atoms with Crippen LogP contribution in [0.5, 0.6) is 0 Å². The summed E-state index contributed by atoms with van der Waals surface area (Å²) < 4.78 is 8.70. The van der Waals surface area contributed by atoms with E-state index < -0.39 is 0 Å². The first kappa shape index (κ1) is 11.4. The van der Waals surface area contributed by atoms with Crippen molar-refractivity contribution in [2.75, 3.05) is 0 Å². The number of furan rings is 1. The van der Waals surface area contributed by atoms with E-state index in [-0.39, 0.29) is 0 Å². The van der Waals surface area contributed by atoms with Gasteiger partial charge in [-0.3, -0.25) is 0 Å². The molecule has 0 aliphatic rings. The molecule has 0 fully saturated rings. The molecule has 0 saturated heterocycles.